The summed E-state index contributed by atoms with van der Waals surface area (Å²) in [6.45, 7) is 0. The van der Waals surface area contributed by atoms with Crippen LogP contribution in [0.1, 0.15) is 5.69 Å². The van der Waals surface area contributed by atoms with Crippen LogP contribution < -0.4 is 0 Å². The van der Waals surface area contributed by atoms with Crippen molar-refractivity contribution in [2.75, 3.05) is 0 Å². The van der Waals surface area contributed by atoms with Gasteiger partial charge in [0.2, 0.25) is 0 Å². The minimum atomic E-state index is 0.516. The highest BCUT2D eigenvalue weighted by molar-refractivity contribution is 9.10. The molecule has 1 heterocycles. The van der Waals surface area contributed by atoms with Gasteiger partial charge in [-0.15, -0.1) is 0 Å². The Balaban J connectivity index is 2.84. The van der Waals surface area contributed by atoms with Crippen LogP contribution in [-0.4, -0.2) is 4.37 Å². The SMILES string of the molecule is N#Cc1nsc2cc(Br)ccc12. The van der Waals surface area contributed by atoms with Gasteiger partial charge in [0.15, 0.2) is 5.69 Å². The van der Waals surface area contributed by atoms with Crippen LogP contribution in [0.3, 0.4) is 0 Å². The van der Waals surface area contributed by atoms with Gasteiger partial charge in [-0.25, -0.2) is 0 Å². The second kappa shape index (κ2) is 2.85. The van der Waals surface area contributed by atoms with E-state index < -0.39 is 0 Å². The first-order valence-corrected chi connectivity index (χ1v) is 4.83. The van der Waals surface area contributed by atoms with E-state index in [1.54, 1.807) is 0 Å². The van der Waals surface area contributed by atoms with Gasteiger partial charge in [-0.1, -0.05) is 15.9 Å². The van der Waals surface area contributed by atoms with Crippen LogP contribution in [0.5, 0.6) is 0 Å². The third-order valence-electron chi connectivity index (χ3n) is 1.54. The highest BCUT2D eigenvalue weighted by Crippen LogP contribution is 2.25. The fourth-order valence-electron chi connectivity index (χ4n) is 0.992. The van der Waals surface area contributed by atoms with E-state index in [-0.39, 0.29) is 0 Å². The summed E-state index contributed by atoms with van der Waals surface area (Å²) in [6, 6.07) is 7.84. The Morgan fingerprint density at radius 1 is 1.50 bits per heavy atom. The van der Waals surface area contributed by atoms with Crippen molar-refractivity contribution < 1.29 is 0 Å². The van der Waals surface area contributed by atoms with Crippen LogP contribution >= 0.6 is 27.5 Å². The molecule has 58 valence electrons. The zero-order valence-corrected chi connectivity index (χ0v) is 8.32. The quantitative estimate of drug-likeness (QED) is 0.708. The lowest BCUT2D eigenvalue weighted by Crippen LogP contribution is -1.71. The summed E-state index contributed by atoms with van der Waals surface area (Å²) in [6.07, 6.45) is 0. The Morgan fingerprint density at radius 2 is 2.33 bits per heavy atom. The van der Waals surface area contributed by atoms with Crippen LogP contribution in [0, 0.1) is 11.3 Å². The summed E-state index contributed by atoms with van der Waals surface area (Å²) in [7, 11) is 0. The van der Waals surface area contributed by atoms with E-state index in [0.29, 0.717) is 5.69 Å². The van der Waals surface area contributed by atoms with Crippen LogP contribution in [0.2, 0.25) is 0 Å². The number of hydrogen-bond donors (Lipinski definition) is 0. The average molecular weight is 239 g/mol. The van der Waals surface area contributed by atoms with E-state index in [2.05, 4.69) is 26.4 Å². The fraction of sp³-hybridized carbons (Fsp3) is 0. The van der Waals surface area contributed by atoms with Crippen molar-refractivity contribution in [1.29, 1.82) is 5.26 Å². The van der Waals surface area contributed by atoms with Gasteiger partial charge in [0, 0.05) is 9.86 Å². The van der Waals surface area contributed by atoms with Gasteiger partial charge < -0.3 is 0 Å². The van der Waals surface area contributed by atoms with E-state index in [4.69, 9.17) is 5.26 Å². The second-order valence-corrected chi connectivity index (χ2v) is 4.00. The van der Waals surface area contributed by atoms with Crippen molar-refractivity contribution in [2.24, 2.45) is 0 Å². The predicted molar refractivity (Wildman–Crippen MR) is 52.0 cm³/mol. The minimum Gasteiger partial charge on any atom is -0.191 e. The van der Waals surface area contributed by atoms with Crippen molar-refractivity contribution in [2.45, 2.75) is 0 Å². The molecule has 1 aromatic heterocycles. The van der Waals surface area contributed by atoms with Gasteiger partial charge in [-0.3, -0.25) is 0 Å². The third kappa shape index (κ3) is 1.11. The number of nitrogens with zero attached hydrogens (tertiary/aromatic N) is 2. The number of halogens is 1. The van der Waals surface area contributed by atoms with Crippen LogP contribution in [0.15, 0.2) is 22.7 Å². The van der Waals surface area contributed by atoms with Crippen molar-refractivity contribution in [1.82, 2.24) is 4.37 Å². The molecular formula is C8H3BrN2S. The highest BCUT2D eigenvalue weighted by Gasteiger charge is 2.04. The number of benzene rings is 1. The molecule has 1 aromatic carbocycles. The molecule has 2 aromatic rings. The van der Waals surface area contributed by atoms with Crippen molar-refractivity contribution >= 4 is 37.5 Å². The summed E-state index contributed by atoms with van der Waals surface area (Å²) in [5.41, 5.74) is 0.516. The summed E-state index contributed by atoms with van der Waals surface area (Å²) >= 11 is 4.71. The fourth-order valence-corrected chi connectivity index (χ4v) is 2.28. The largest absolute Gasteiger partial charge is 0.191 e. The van der Waals surface area contributed by atoms with E-state index in [0.717, 1.165) is 14.6 Å². The molecule has 0 aliphatic rings. The van der Waals surface area contributed by atoms with Crippen molar-refractivity contribution in [3.63, 3.8) is 0 Å². The lowest BCUT2D eigenvalue weighted by Gasteiger charge is -1.88. The second-order valence-electron chi connectivity index (χ2n) is 2.28. The van der Waals surface area contributed by atoms with Crippen molar-refractivity contribution in [3.8, 4) is 6.07 Å². The molecule has 0 unspecified atom stereocenters. The van der Waals surface area contributed by atoms with Crippen LogP contribution in [-0.2, 0) is 0 Å². The van der Waals surface area contributed by atoms with E-state index in [1.807, 2.05) is 18.2 Å². The first-order chi connectivity index (χ1) is 5.81. The molecule has 0 amide bonds. The molecule has 0 radical (unpaired) electrons. The molecule has 0 spiro atoms. The van der Waals surface area contributed by atoms with Crippen LogP contribution in [0.4, 0.5) is 0 Å². The molecule has 0 atom stereocenters. The average Bonchev–Trinajstić information content (AvgIpc) is 2.46. The molecule has 12 heavy (non-hydrogen) atoms. The molecule has 4 heteroatoms. The molecule has 0 saturated carbocycles. The maximum absolute atomic E-state index is 8.68. The van der Waals surface area contributed by atoms with Gasteiger partial charge in [-0.2, -0.15) is 9.64 Å². The number of aromatic nitrogens is 1. The minimum absolute atomic E-state index is 0.516. The summed E-state index contributed by atoms with van der Waals surface area (Å²) in [5, 5.41) is 9.61. The Bertz CT molecular complexity index is 469. The molecule has 0 fully saturated rings. The first kappa shape index (κ1) is 7.71. The third-order valence-corrected chi connectivity index (χ3v) is 2.84. The van der Waals surface area contributed by atoms with E-state index >= 15 is 0 Å². The maximum atomic E-state index is 8.68. The number of nitriles is 1. The number of fused-ring (bicyclic) bond motifs is 1. The topological polar surface area (TPSA) is 36.7 Å². The summed E-state index contributed by atoms with van der Waals surface area (Å²) < 4.78 is 6.07. The molecule has 0 N–H and O–H groups in total. The Hall–Kier alpha value is -0.920. The van der Waals surface area contributed by atoms with Gasteiger partial charge in [-0.05, 0) is 29.7 Å². The zero-order chi connectivity index (χ0) is 8.55. The zero-order valence-electron chi connectivity index (χ0n) is 5.91. The van der Waals surface area contributed by atoms with Crippen LogP contribution in [0.25, 0.3) is 10.1 Å². The normalized spacial score (nSPS) is 10.0. The Morgan fingerprint density at radius 3 is 3.08 bits per heavy atom. The molecule has 0 aliphatic carbocycles. The molecular weight excluding hydrogens is 236 g/mol. The first-order valence-electron chi connectivity index (χ1n) is 3.26. The molecule has 2 rings (SSSR count). The Kier molecular flexibility index (Phi) is 1.83. The van der Waals surface area contributed by atoms with Gasteiger partial charge in [0.05, 0.1) is 4.70 Å². The molecule has 0 aliphatic heterocycles. The van der Waals surface area contributed by atoms with E-state index in [1.165, 1.54) is 11.5 Å². The number of hydrogen-bond acceptors (Lipinski definition) is 3. The molecule has 0 saturated heterocycles. The number of rotatable bonds is 0. The standard InChI is InChI=1S/C8H3BrN2S/c9-5-1-2-6-7(4-10)11-12-8(6)3-5/h1-3H. The smallest absolute Gasteiger partial charge is 0.162 e. The maximum Gasteiger partial charge on any atom is 0.162 e. The van der Waals surface area contributed by atoms with Gasteiger partial charge in [0.25, 0.3) is 0 Å². The summed E-state index contributed by atoms with van der Waals surface area (Å²) in [5.74, 6) is 0. The summed E-state index contributed by atoms with van der Waals surface area (Å²) in [4.78, 5) is 0. The Labute approximate surface area is 81.7 Å². The molecule has 2 nitrogen and oxygen atoms in total. The van der Waals surface area contributed by atoms with E-state index in [9.17, 15) is 0 Å². The van der Waals surface area contributed by atoms with Gasteiger partial charge >= 0.3 is 0 Å². The monoisotopic (exact) mass is 238 g/mol. The lowest BCUT2D eigenvalue weighted by molar-refractivity contribution is 1.43. The molecule has 0 bridgehead atoms. The van der Waals surface area contributed by atoms with Crippen molar-refractivity contribution in [3.05, 3.63) is 28.4 Å². The predicted octanol–water partition coefficient (Wildman–Crippen LogP) is 2.93. The highest BCUT2D eigenvalue weighted by atomic mass is 79.9. The lowest BCUT2D eigenvalue weighted by atomic mass is 10.2. The van der Waals surface area contributed by atoms with Gasteiger partial charge in [0.1, 0.15) is 6.07 Å².